The summed E-state index contributed by atoms with van der Waals surface area (Å²) in [4.78, 5) is 49.6. The van der Waals surface area contributed by atoms with Crippen molar-refractivity contribution < 1.29 is 13.8 Å². The zero-order valence-electron chi connectivity index (χ0n) is 26.8. The molecule has 10 nitrogen and oxygen atoms in total. The molecule has 7 aromatic rings. The largest absolute Gasteiger partial charge is 0.439 e. The zero-order chi connectivity index (χ0) is 34.6. The molecule has 0 aliphatic heterocycles. The summed E-state index contributed by atoms with van der Waals surface area (Å²) < 4.78 is 21.2. The number of aryl methyl sites for hydroxylation is 1. The predicted molar refractivity (Wildman–Crippen MR) is 192 cm³/mol. The van der Waals surface area contributed by atoms with Gasteiger partial charge in [-0.2, -0.15) is 0 Å². The third-order valence-corrected chi connectivity index (χ3v) is 9.45. The molecule has 0 fully saturated rings. The monoisotopic (exact) mass is 687 g/mol. The van der Waals surface area contributed by atoms with Crippen LogP contribution in [0.2, 0.25) is 0 Å². The second-order valence-corrected chi connectivity index (χ2v) is 12.6. The minimum absolute atomic E-state index is 0.190. The normalized spacial score (nSPS) is 11.7. The van der Waals surface area contributed by atoms with Gasteiger partial charge in [0.1, 0.15) is 10.6 Å². The van der Waals surface area contributed by atoms with Crippen LogP contribution in [0.3, 0.4) is 0 Å². The van der Waals surface area contributed by atoms with Gasteiger partial charge in [0.05, 0.1) is 24.2 Å². The summed E-state index contributed by atoms with van der Waals surface area (Å²) in [6.45, 7) is 2.39. The van der Waals surface area contributed by atoms with E-state index in [9.17, 15) is 18.8 Å². The summed E-state index contributed by atoms with van der Waals surface area (Å²) in [6.07, 6.45) is 2.10. The van der Waals surface area contributed by atoms with E-state index in [0.29, 0.717) is 39.3 Å². The molecule has 0 bridgehead atoms. The second-order valence-electron chi connectivity index (χ2n) is 11.4. The van der Waals surface area contributed by atoms with E-state index in [0.717, 1.165) is 31.7 Å². The van der Waals surface area contributed by atoms with Crippen molar-refractivity contribution in [2.75, 3.05) is 0 Å². The number of H-pyrrole nitrogens is 1. The average Bonchev–Trinajstić information content (AvgIpc) is 3.79. The van der Waals surface area contributed by atoms with Crippen molar-refractivity contribution in [3.8, 4) is 22.5 Å². The van der Waals surface area contributed by atoms with Crippen molar-refractivity contribution in [1.29, 1.82) is 0 Å². The molecule has 0 saturated carbocycles. The Balaban J connectivity index is 1.27. The summed E-state index contributed by atoms with van der Waals surface area (Å²) in [5.74, 6) is -0.742. The molecule has 0 aliphatic carbocycles. The highest BCUT2D eigenvalue weighted by Crippen LogP contribution is 2.30. The van der Waals surface area contributed by atoms with Crippen molar-refractivity contribution >= 4 is 33.5 Å². The molecule has 0 amide bonds. The Labute approximate surface area is 288 Å². The van der Waals surface area contributed by atoms with Crippen LogP contribution in [0.15, 0.2) is 128 Å². The van der Waals surface area contributed by atoms with E-state index in [1.54, 1.807) is 16.7 Å². The van der Waals surface area contributed by atoms with Crippen LogP contribution in [0.1, 0.15) is 28.5 Å². The second kappa shape index (κ2) is 14.2. The lowest BCUT2D eigenvalue weighted by Gasteiger charge is -2.14. The van der Waals surface area contributed by atoms with Crippen LogP contribution in [-0.4, -0.2) is 19.3 Å². The van der Waals surface area contributed by atoms with Gasteiger partial charge < -0.3 is 0 Å². The number of aromatic amines is 1. The van der Waals surface area contributed by atoms with Crippen molar-refractivity contribution in [1.82, 2.24) is 24.8 Å². The Bertz CT molecular complexity index is 2500. The number of nitrogens with one attached hydrogen (secondary N) is 2. The number of benzene rings is 4. The average molecular weight is 688 g/mol. The Morgan fingerprint density at radius 2 is 1.64 bits per heavy atom. The first-order valence-electron chi connectivity index (χ1n) is 15.8. The van der Waals surface area contributed by atoms with Crippen molar-refractivity contribution in [2.45, 2.75) is 26.5 Å². The lowest BCUT2D eigenvalue weighted by molar-refractivity contribution is 0.0649. The SMILES string of the molecule is CCc1cc2c(=O)n(C=C(NOCc3ccccc3)c3ccc(F)cc3)c(=O)n(Cc3ccc(-c4ccccc4-c4noc(=O)[nH]4)cc3)c2s1. The standard InChI is InChI=1S/C38H30FN5O5S/c1-2-29-20-32-35(45)43(22-33(27-16-18-28(39)19-17-27)41-48-23-25-8-4-3-5-9-25)38(47)44(36(32)50-29)21-24-12-14-26(15-13-24)30-10-6-7-11-31(30)34-40-37(46)49-42-34/h3-20,22,41H,2,21,23H2,1H3,(H,40,42,46). The van der Waals surface area contributed by atoms with Crippen LogP contribution in [-0.2, 0) is 24.4 Å². The third kappa shape index (κ3) is 6.75. The molecule has 50 heavy (non-hydrogen) atoms. The maximum Gasteiger partial charge on any atom is 0.439 e. The highest BCUT2D eigenvalue weighted by molar-refractivity contribution is 7.18. The van der Waals surface area contributed by atoms with E-state index in [-0.39, 0.29) is 13.2 Å². The molecular weight excluding hydrogens is 658 g/mol. The van der Waals surface area contributed by atoms with Gasteiger partial charge in [0, 0.05) is 22.2 Å². The molecule has 3 aromatic heterocycles. The van der Waals surface area contributed by atoms with Crippen molar-refractivity contribution in [2.24, 2.45) is 0 Å². The van der Waals surface area contributed by atoms with Gasteiger partial charge in [0.15, 0.2) is 5.82 Å². The first kappa shape index (κ1) is 32.4. The fourth-order valence-electron chi connectivity index (χ4n) is 5.60. The number of hydroxylamine groups is 1. The molecule has 0 unspecified atom stereocenters. The molecule has 3 heterocycles. The molecule has 0 spiro atoms. The highest BCUT2D eigenvalue weighted by Gasteiger charge is 2.18. The summed E-state index contributed by atoms with van der Waals surface area (Å²) >= 11 is 1.41. The van der Waals surface area contributed by atoms with Gasteiger partial charge in [-0.05, 0) is 59.0 Å². The van der Waals surface area contributed by atoms with Crippen LogP contribution in [0.4, 0.5) is 4.39 Å². The molecule has 250 valence electrons. The van der Waals surface area contributed by atoms with Crippen molar-refractivity contribution in [3.63, 3.8) is 0 Å². The molecular formula is C38H30FN5O5S. The number of aromatic nitrogens is 4. The lowest BCUT2D eigenvalue weighted by atomic mass is 9.98. The lowest BCUT2D eigenvalue weighted by Crippen LogP contribution is -2.37. The topological polar surface area (TPSA) is 124 Å². The minimum Gasteiger partial charge on any atom is -0.296 e. The number of thiophene rings is 1. The zero-order valence-corrected chi connectivity index (χ0v) is 27.6. The van der Waals surface area contributed by atoms with E-state index in [4.69, 9.17) is 9.36 Å². The quantitative estimate of drug-likeness (QED) is 0.146. The van der Waals surface area contributed by atoms with Crippen molar-refractivity contribution in [3.05, 3.63) is 168 Å². The number of nitrogens with zero attached hydrogens (tertiary/aromatic N) is 3. The molecule has 0 radical (unpaired) electrons. The van der Waals surface area contributed by atoms with Gasteiger partial charge in [0.25, 0.3) is 5.56 Å². The molecule has 7 rings (SSSR count). The van der Waals surface area contributed by atoms with Gasteiger partial charge in [-0.15, -0.1) is 11.3 Å². The van der Waals surface area contributed by atoms with E-state index in [2.05, 4.69) is 15.6 Å². The van der Waals surface area contributed by atoms with Crippen LogP contribution >= 0.6 is 11.3 Å². The maximum absolute atomic E-state index is 14.2. The highest BCUT2D eigenvalue weighted by atomic mass is 32.1. The summed E-state index contributed by atoms with van der Waals surface area (Å²) in [5.41, 5.74) is 6.83. The van der Waals surface area contributed by atoms with Gasteiger partial charge in [0.2, 0.25) is 0 Å². The van der Waals surface area contributed by atoms with Gasteiger partial charge >= 0.3 is 11.4 Å². The summed E-state index contributed by atoms with van der Waals surface area (Å²) in [6, 6.07) is 32.2. The fourth-order valence-corrected chi connectivity index (χ4v) is 6.67. The molecule has 0 atom stereocenters. The number of hydrogen-bond acceptors (Lipinski definition) is 8. The van der Waals surface area contributed by atoms with Gasteiger partial charge in [-0.1, -0.05) is 90.9 Å². The number of halogens is 1. The van der Waals surface area contributed by atoms with E-state index < -0.39 is 22.8 Å². The van der Waals surface area contributed by atoms with E-state index >= 15 is 0 Å². The molecule has 2 N–H and O–H groups in total. The Hall–Kier alpha value is -6.11. The Morgan fingerprint density at radius 3 is 2.34 bits per heavy atom. The maximum atomic E-state index is 14.2. The first-order valence-corrected chi connectivity index (χ1v) is 16.6. The van der Waals surface area contributed by atoms with Crippen LogP contribution in [0, 0.1) is 5.82 Å². The molecule has 12 heteroatoms. The van der Waals surface area contributed by atoms with E-state index in [1.807, 2.05) is 91.9 Å². The number of fused-ring (bicyclic) bond motifs is 1. The predicted octanol–water partition coefficient (Wildman–Crippen LogP) is 6.66. The van der Waals surface area contributed by atoms with Gasteiger partial charge in [-0.25, -0.2) is 18.5 Å². The Kier molecular flexibility index (Phi) is 9.19. The number of hydrogen-bond donors (Lipinski definition) is 2. The summed E-state index contributed by atoms with van der Waals surface area (Å²) in [5, 5.41) is 4.26. The molecule has 4 aromatic carbocycles. The smallest absolute Gasteiger partial charge is 0.296 e. The van der Waals surface area contributed by atoms with Gasteiger partial charge in [-0.3, -0.25) is 29.2 Å². The molecule has 0 aliphatic rings. The fraction of sp³-hybridized carbons (Fsp3) is 0.105. The van der Waals surface area contributed by atoms with Crippen LogP contribution < -0.4 is 22.5 Å². The van der Waals surface area contributed by atoms with E-state index in [1.165, 1.54) is 29.7 Å². The first-order chi connectivity index (χ1) is 24.4. The third-order valence-electron chi connectivity index (χ3n) is 8.15. The van der Waals surface area contributed by atoms with Crippen LogP contribution in [0.25, 0.3) is 44.6 Å². The molecule has 0 saturated heterocycles. The summed E-state index contributed by atoms with van der Waals surface area (Å²) in [7, 11) is 0. The minimum atomic E-state index is -0.641. The van der Waals surface area contributed by atoms with Crippen LogP contribution in [0.5, 0.6) is 0 Å². The number of rotatable bonds is 11. The Morgan fingerprint density at radius 1 is 0.920 bits per heavy atom.